The number of aliphatic imine (C=N–C) groups is 3. The van der Waals surface area contributed by atoms with Gasteiger partial charge in [-0.25, -0.2) is 9.98 Å². The first kappa shape index (κ1) is 25.6. The summed E-state index contributed by atoms with van der Waals surface area (Å²) >= 11 is 0. The second kappa shape index (κ2) is 11.4. The highest BCUT2D eigenvalue weighted by molar-refractivity contribution is 6.09. The van der Waals surface area contributed by atoms with Crippen molar-refractivity contribution in [2.75, 3.05) is 17.3 Å². The number of nitrogens with one attached hydrogen (secondary N) is 2. The lowest BCUT2D eigenvalue weighted by atomic mass is 9.86. The number of amides is 1. The molecule has 0 aromatic heterocycles. The van der Waals surface area contributed by atoms with Gasteiger partial charge in [-0.05, 0) is 67.4 Å². The maximum Gasteiger partial charge on any atom is 0.255 e. The molecule has 0 radical (unpaired) electrons. The number of anilines is 2. The summed E-state index contributed by atoms with van der Waals surface area (Å²) in [4.78, 5) is 25.6. The van der Waals surface area contributed by atoms with Gasteiger partial charge in [0.1, 0.15) is 13.0 Å². The third kappa shape index (κ3) is 6.96. The molecule has 0 saturated carbocycles. The Balaban J connectivity index is 1.69. The molecule has 0 bridgehead atoms. The maximum absolute atomic E-state index is 12.9. The fourth-order valence-electron chi connectivity index (χ4n) is 3.47. The van der Waals surface area contributed by atoms with Gasteiger partial charge in [0, 0.05) is 22.5 Å². The Morgan fingerprint density at radius 3 is 2.29 bits per heavy atom. The number of carbonyl (C=O) groups is 1. The summed E-state index contributed by atoms with van der Waals surface area (Å²) in [7, 11) is 0. The number of aryl methyl sites for hydroxylation is 1. The van der Waals surface area contributed by atoms with Gasteiger partial charge in [0.25, 0.3) is 5.91 Å². The van der Waals surface area contributed by atoms with Gasteiger partial charge < -0.3 is 10.6 Å². The Bertz CT molecular complexity index is 1230. The topological polar surface area (TPSA) is 78.2 Å². The van der Waals surface area contributed by atoms with Gasteiger partial charge in [-0.1, -0.05) is 62.7 Å². The molecule has 2 N–H and O–H groups in total. The zero-order valence-corrected chi connectivity index (χ0v) is 21.1. The molecule has 0 aliphatic rings. The Labute approximate surface area is 208 Å². The van der Waals surface area contributed by atoms with Crippen LogP contribution < -0.4 is 10.6 Å². The van der Waals surface area contributed by atoms with Crippen molar-refractivity contribution >= 4 is 36.2 Å². The first-order valence-electron chi connectivity index (χ1n) is 11.5. The quantitative estimate of drug-likeness (QED) is 0.312. The number of nitrogens with zero attached hydrogens (tertiary/aromatic N) is 3. The second-order valence-corrected chi connectivity index (χ2v) is 9.37. The molecule has 3 aromatic rings. The van der Waals surface area contributed by atoms with Gasteiger partial charge in [-0.3, -0.25) is 9.79 Å². The van der Waals surface area contributed by atoms with E-state index in [0.29, 0.717) is 23.8 Å². The van der Waals surface area contributed by atoms with E-state index in [2.05, 4.69) is 53.1 Å². The second-order valence-electron chi connectivity index (χ2n) is 9.37. The van der Waals surface area contributed by atoms with E-state index in [1.54, 1.807) is 0 Å². The van der Waals surface area contributed by atoms with Crippen molar-refractivity contribution in [2.45, 2.75) is 40.0 Å². The number of hydrogen-bond acceptors (Lipinski definition) is 3. The summed E-state index contributed by atoms with van der Waals surface area (Å²) in [5, 5.41) is 6.21. The predicted molar refractivity (Wildman–Crippen MR) is 149 cm³/mol. The number of rotatable bonds is 7. The number of amidine groups is 1. The molecule has 6 nitrogen and oxygen atoms in total. The van der Waals surface area contributed by atoms with Gasteiger partial charge in [0.05, 0.1) is 0 Å². The van der Waals surface area contributed by atoms with Gasteiger partial charge in [-0.2, -0.15) is 0 Å². The maximum atomic E-state index is 12.9. The minimum atomic E-state index is -0.167. The summed E-state index contributed by atoms with van der Waals surface area (Å²) in [6.07, 6.45) is 1.46. The summed E-state index contributed by atoms with van der Waals surface area (Å²) in [6.45, 7) is 14.5. The lowest BCUT2D eigenvalue weighted by Crippen LogP contribution is -2.15. The van der Waals surface area contributed by atoms with Crippen LogP contribution in [0.4, 0.5) is 11.4 Å². The highest BCUT2D eigenvalue weighted by Gasteiger charge is 2.15. The molecule has 3 aromatic carbocycles. The van der Waals surface area contributed by atoms with E-state index in [4.69, 9.17) is 0 Å². The lowest BCUT2D eigenvalue weighted by Gasteiger charge is -2.19. The number of benzene rings is 3. The molecule has 0 spiro atoms. The van der Waals surface area contributed by atoms with Crippen LogP contribution in [0, 0.1) is 13.8 Å². The van der Waals surface area contributed by atoms with Crippen molar-refractivity contribution in [3.8, 4) is 0 Å². The van der Waals surface area contributed by atoms with E-state index in [0.717, 1.165) is 16.8 Å². The summed E-state index contributed by atoms with van der Waals surface area (Å²) < 4.78 is 0. The van der Waals surface area contributed by atoms with Crippen LogP contribution in [-0.4, -0.2) is 31.5 Å². The normalized spacial score (nSPS) is 12.0. The fraction of sp³-hybridized carbons (Fsp3) is 0.241. The van der Waals surface area contributed by atoms with Crippen molar-refractivity contribution in [2.24, 2.45) is 15.0 Å². The standard InChI is InChI=1S/C29H33N5O/c1-20-10-16-24(17-11-20)32-18-31-19-33-27(30-6)25-8-7-9-26(21(25)2)34-28(35)22-12-14-23(15-13-22)29(3,4)5/h7-17,19,32H,6,18H2,1-5H3,(H,34,35)/b31-19-,33-27?. The predicted octanol–water partition coefficient (Wildman–Crippen LogP) is 6.40. The Kier molecular flexibility index (Phi) is 8.31. The molecule has 0 fully saturated rings. The zero-order chi connectivity index (χ0) is 25.4. The summed E-state index contributed by atoms with van der Waals surface area (Å²) in [5.74, 6) is 0.270. The van der Waals surface area contributed by atoms with Crippen LogP contribution >= 0.6 is 0 Å². The largest absolute Gasteiger partial charge is 0.366 e. The summed E-state index contributed by atoms with van der Waals surface area (Å²) in [6, 6.07) is 21.4. The van der Waals surface area contributed by atoms with Crippen LogP contribution in [0.3, 0.4) is 0 Å². The molecule has 0 saturated heterocycles. The summed E-state index contributed by atoms with van der Waals surface area (Å²) in [5.41, 5.74) is 6.34. The third-order valence-corrected chi connectivity index (χ3v) is 5.67. The zero-order valence-electron chi connectivity index (χ0n) is 21.1. The van der Waals surface area contributed by atoms with E-state index in [1.165, 1.54) is 17.5 Å². The van der Waals surface area contributed by atoms with Crippen LogP contribution in [0.1, 0.15) is 53.4 Å². The Morgan fingerprint density at radius 2 is 1.66 bits per heavy atom. The van der Waals surface area contributed by atoms with E-state index >= 15 is 0 Å². The SMILES string of the molecule is C=NC(=N/C=N\CNc1ccc(C)cc1)c1cccc(NC(=O)c2ccc(C(C)(C)C)cc2)c1C. The van der Waals surface area contributed by atoms with Crippen molar-refractivity contribution in [1.82, 2.24) is 0 Å². The van der Waals surface area contributed by atoms with E-state index in [9.17, 15) is 4.79 Å². The number of carbonyl (C=O) groups excluding carboxylic acids is 1. The van der Waals surface area contributed by atoms with Gasteiger partial charge in [0.15, 0.2) is 5.84 Å². The molecular formula is C29H33N5O. The lowest BCUT2D eigenvalue weighted by molar-refractivity contribution is 0.102. The van der Waals surface area contributed by atoms with Crippen molar-refractivity contribution < 1.29 is 4.79 Å². The number of hydrogen-bond donors (Lipinski definition) is 2. The van der Waals surface area contributed by atoms with Crippen LogP contribution in [0.25, 0.3) is 0 Å². The highest BCUT2D eigenvalue weighted by atomic mass is 16.1. The first-order valence-corrected chi connectivity index (χ1v) is 11.5. The Morgan fingerprint density at radius 1 is 0.971 bits per heavy atom. The van der Waals surface area contributed by atoms with Gasteiger partial charge in [-0.15, -0.1) is 0 Å². The third-order valence-electron chi connectivity index (χ3n) is 5.67. The van der Waals surface area contributed by atoms with Crippen molar-refractivity contribution in [3.05, 3.63) is 94.5 Å². The molecule has 180 valence electrons. The van der Waals surface area contributed by atoms with Crippen LogP contribution in [0.2, 0.25) is 0 Å². The molecule has 35 heavy (non-hydrogen) atoms. The highest BCUT2D eigenvalue weighted by Crippen LogP contribution is 2.24. The average molecular weight is 468 g/mol. The van der Waals surface area contributed by atoms with Crippen LogP contribution in [0.15, 0.2) is 81.7 Å². The molecule has 6 heteroatoms. The first-order chi connectivity index (χ1) is 16.7. The van der Waals surface area contributed by atoms with Crippen molar-refractivity contribution in [1.29, 1.82) is 0 Å². The van der Waals surface area contributed by atoms with Crippen LogP contribution in [-0.2, 0) is 5.41 Å². The minimum Gasteiger partial charge on any atom is -0.366 e. The Hall–Kier alpha value is -4.06. The van der Waals surface area contributed by atoms with Crippen molar-refractivity contribution in [3.63, 3.8) is 0 Å². The molecule has 1 amide bonds. The molecule has 3 rings (SSSR count). The minimum absolute atomic E-state index is 0.0351. The monoisotopic (exact) mass is 467 g/mol. The smallest absolute Gasteiger partial charge is 0.255 e. The van der Waals surface area contributed by atoms with E-state index in [1.807, 2.05) is 80.6 Å². The van der Waals surface area contributed by atoms with E-state index < -0.39 is 0 Å². The average Bonchev–Trinajstić information content (AvgIpc) is 2.84. The fourth-order valence-corrected chi connectivity index (χ4v) is 3.47. The molecule has 0 aliphatic heterocycles. The van der Waals surface area contributed by atoms with E-state index in [-0.39, 0.29) is 11.3 Å². The van der Waals surface area contributed by atoms with Crippen LogP contribution in [0.5, 0.6) is 0 Å². The van der Waals surface area contributed by atoms with Gasteiger partial charge >= 0.3 is 0 Å². The molecule has 0 atom stereocenters. The molecule has 0 unspecified atom stereocenters. The van der Waals surface area contributed by atoms with Gasteiger partial charge in [0.2, 0.25) is 0 Å². The molecular weight excluding hydrogens is 434 g/mol. The molecule has 0 aliphatic carbocycles. The molecule has 0 heterocycles.